The third-order valence-corrected chi connectivity index (χ3v) is 3.19. The maximum atomic E-state index is 11.2. The zero-order chi connectivity index (χ0) is 15.6. The molecule has 1 N–H and O–H groups in total. The number of benzene rings is 2. The summed E-state index contributed by atoms with van der Waals surface area (Å²) in [4.78, 5) is 21.5. The van der Waals surface area contributed by atoms with E-state index in [1.807, 2.05) is 0 Å². The first-order valence-electron chi connectivity index (χ1n) is 5.85. The Labute approximate surface area is 124 Å². The van der Waals surface area contributed by atoms with Crippen LogP contribution in [0.5, 0.6) is 11.5 Å². The Balaban J connectivity index is 2.53. The Hall–Kier alpha value is -2.60. The lowest BCUT2D eigenvalue weighted by Crippen LogP contribution is -2.03. The number of aryl methyl sites for hydroxylation is 1. The summed E-state index contributed by atoms with van der Waals surface area (Å²) in [6, 6.07) is 8.38. The lowest BCUT2D eigenvalue weighted by Gasteiger charge is -2.10. The average Bonchev–Trinajstić information content (AvgIpc) is 2.42. The van der Waals surface area contributed by atoms with Crippen LogP contribution in [-0.2, 0) is 0 Å². The normalized spacial score (nSPS) is 10.2. The lowest BCUT2D eigenvalue weighted by molar-refractivity contribution is -0.385. The Morgan fingerprint density at radius 3 is 2.62 bits per heavy atom. The second kappa shape index (κ2) is 5.80. The highest BCUT2D eigenvalue weighted by Gasteiger charge is 2.23. The molecule has 6 nitrogen and oxygen atoms in total. The molecule has 0 atom stereocenters. The number of hydrogen-bond donors (Lipinski definition) is 1. The van der Waals surface area contributed by atoms with Crippen molar-refractivity contribution in [3.8, 4) is 11.5 Å². The van der Waals surface area contributed by atoms with Gasteiger partial charge in [-0.3, -0.25) is 10.1 Å². The third-order valence-electron chi connectivity index (χ3n) is 2.77. The molecule has 0 aromatic heterocycles. The van der Waals surface area contributed by atoms with Gasteiger partial charge < -0.3 is 9.84 Å². The van der Waals surface area contributed by atoms with Crippen molar-refractivity contribution in [3.63, 3.8) is 0 Å². The summed E-state index contributed by atoms with van der Waals surface area (Å²) in [5, 5.41) is 20.7. The molecule has 0 fully saturated rings. The summed E-state index contributed by atoms with van der Waals surface area (Å²) in [6.07, 6.45) is 0. The third kappa shape index (κ3) is 3.11. The van der Waals surface area contributed by atoms with Gasteiger partial charge in [-0.25, -0.2) is 4.79 Å². The van der Waals surface area contributed by atoms with Crippen LogP contribution in [0.4, 0.5) is 5.69 Å². The molecule has 0 amide bonds. The van der Waals surface area contributed by atoms with Crippen molar-refractivity contribution in [3.05, 3.63) is 62.7 Å². The summed E-state index contributed by atoms with van der Waals surface area (Å²) in [7, 11) is 0. The van der Waals surface area contributed by atoms with Crippen molar-refractivity contribution in [1.29, 1.82) is 0 Å². The van der Waals surface area contributed by atoms with Gasteiger partial charge in [-0.05, 0) is 36.8 Å². The minimum atomic E-state index is -1.31. The lowest BCUT2D eigenvalue weighted by atomic mass is 10.1. The van der Waals surface area contributed by atoms with E-state index in [0.717, 1.165) is 0 Å². The molecule has 7 heteroatoms. The highest BCUT2D eigenvalue weighted by molar-refractivity contribution is 6.31. The highest BCUT2D eigenvalue weighted by Crippen LogP contribution is 2.35. The van der Waals surface area contributed by atoms with Crippen LogP contribution in [-0.4, -0.2) is 16.0 Å². The minimum absolute atomic E-state index is 0.272. The maximum Gasteiger partial charge on any atom is 0.339 e. The van der Waals surface area contributed by atoms with Crippen LogP contribution >= 0.6 is 11.6 Å². The number of halogens is 1. The Kier molecular flexibility index (Phi) is 4.09. The SMILES string of the molecule is Cc1cc(Oc2c(C(=O)O)cccc2[N+](=O)[O-])ccc1Cl. The number of carboxylic acids is 1. The number of carboxylic acid groups (broad SMARTS) is 1. The van der Waals surface area contributed by atoms with Crippen molar-refractivity contribution in [2.75, 3.05) is 0 Å². The molecular formula is C14H10ClNO5. The van der Waals surface area contributed by atoms with Crippen molar-refractivity contribution in [1.82, 2.24) is 0 Å². The van der Waals surface area contributed by atoms with Gasteiger partial charge in [0.05, 0.1) is 4.92 Å². The van der Waals surface area contributed by atoms with Gasteiger partial charge >= 0.3 is 11.7 Å². The molecule has 21 heavy (non-hydrogen) atoms. The molecule has 0 saturated carbocycles. The van der Waals surface area contributed by atoms with Gasteiger partial charge in [-0.2, -0.15) is 0 Å². The number of ether oxygens (including phenoxy) is 1. The van der Waals surface area contributed by atoms with E-state index in [1.165, 1.54) is 24.3 Å². The number of nitrogens with zero attached hydrogens (tertiary/aromatic N) is 1. The molecule has 108 valence electrons. The average molecular weight is 308 g/mol. The first-order valence-corrected chi connectivity index (χ1v) is 6.22. The van der Waals surface area contributed by atoms with E-state index < -0.39 is 16.6 Å². The van der Waals surface area contributed by atoms with Crippen molar-refractivity contribution in [2.24, 2.45) is 0 Å². The summed E-state index contributed by atoms with van der Waals surface area (Å²) in [6.45, 7) is 1.74. The Bertz CT molecular complexity index is 697. The molecule has 0 aliphatic heterocycles. The van der Waals surface area contributed by atoms with Crippen LogP contribution in [0.25, 0.3) is 0 Å². The smallest absolute Gasteiger partial charge is 0.339 e. The maximum absolute atomic E-state index is 11.2. The molecular weight excluding hydrogens is 298 g/mol. The summed E-state index contributed by atoms with van der Waals surface area (Å²) >= 11 is 5.89. The summed E-state index contributed by atoms with van der Waals surface area (Å²) in [5.41, 5.74) is 0.0175. The monoisotopic (exact) mass is 307 g/mol. The Morgan fingerprint density at radius 2 is 2.05 bits per heavy atom. The minimum Gasteiger partial charge on any atom is -0.478 e. The largest absolute Gasteiger partial charge is 0.478 e. The topological polar surface area (TPSA) is 89.7 Å². The quantitative estimate of drug-likeness (QED) is 0.680. The van der Waals surface area contributed by atoms with Crippen LogP contribution in [0.1, 0.15) is 15.9 Å². The first kappa shape index (κ1) is 14.8. The van der Waals surface area contributed by atoms with E-state index in [-0.39, 0.29) is 17.1 Å². The van der Waals surface area contributed by atoms with Crippen LogP contribution < -0.4 is 4.74 Å². The van der Waals surface area contributed by atoms with Crippen molar-refractivity contribution in [2.45, 2.75) is 6.92 Å². The van der Waals surface area contributed by atoms with Crippen LogP contribution in [0.15, 0.2) is 36.4 Å². The molecule has 0 radical (unpaired) electrons. The standard InChI is InChI=1S/C14H10ClNO5/c1-8-7-9(5-6-11(8)15)21-13-10(14(17)18)3-2-4-12(13)16(19)20/h2-7H,1H3,(H,17,18). The van der Waals surface area contributed by atoms with Gasteiger partial charge in [0.25, 0.3) is 0 Å². The summed E-state index contributed by atoms with van der Waals surface area (Å²) < 4.78 is 5.42. The zero-order valence-corrected chi connectivity index (χ0v) is 11.6. The molecule has 0 aliphatic carbocycles. The Morgan fingerprint density at radius 1 is 1.33 bits per heavy atom. The van der Waals surface area contributed by atoms with Gasteiger partial charge in [-0.1, -0.05) is 17.7 Å². The predicted molar refractivity (Wildman–Crippen MR) is 76.3 cm³/mol. The van der Waals surface area contributed by atoms with E-state index in [9.17, 15) is 14.9 Å². The first-order chi connectivity index (χ1) is 9.90. The molecule has 0 spiro atoms. The molecule has 2 aromatic carbocycles. The highest BCUT2D eigenvalue weighted by atomic mass is 35.5. The van der Waals surface area contributed by atoms with Gasteiger partial charge in [0, 0.05) is 11.1 Å². The summed E-state index contributed by atoms with van der Waals surface area (Å²) in [5.74, 6) is -1.34. The van der Waals surface area contributed by atoms with E-state index in [4.69, 9.17) is 21.4 Å². The molecule has 0 unspecified atom stereocenters. The van der Waals surface area contributed by atoms with Crippen LogP contribution in [0.2, 0.25) is 5.02 Å². The van der Waals surface area contributed by atoms with Crippen molar-refractivity contribution >= 4 is 23.3 Å². The molecule has 2 aromatic rings. The molecule has 0 aliphatic rings. The number of rotatable bonds is 4. The van der Waals surface area contributed by atoms with Crippen molar-refractivity contribution < 1.29 is 19.6 Å². The fourth-order valence-corrected chi connectivity index (χ4v) is 1.86. The molecule has 0 bridgehead atoms. The number of para-hydroxylation sites is 1. The number of nitro groups is 1. The fraction of sp³-hybridized carbons (Fsp3) is 0.0714. The fourth-order valence-electron chi connectivity index (χ4n) is 1.74. The molecule has 0 saturated heterocycles. The number of carbonyl (C=O) groups is 1. The predicted octanol–water partition coefficient (Wildman–Crippen LogP) is 4.05. The number of hydrogen-bond acceptors (Lipinski definition) is 4. The van der Waals surface area contributed by atoms with Gasteiger partial charge in [0.2, 0.25) is 5.75 Å². The molecule has 0 heterocycles. The zero-order valence-electron chi connectivity index (χ0n) is 10.9. The molecule has 2 rings (SSSR count). The van der Waals surface area contributed by atoms with E-state index >= 15 is 0 Å². The second-order valence-corrected chi connectivity index (χ2v) is 4.64. The van der Waals surface area contributed by atoms with Crippen LogP contribution in [0, 0.1) is 17.0 Å². The van der Waals surface area contributed by atoms with Gasteiger partial charge in [0.1, 0.15) is 11.3 Å². The van der Waals surface area contributed by atoms with E-state index in [2.05, 4.69) is 0 Å². The van der Waals surface area contributed by atoms with Crippen LogP contribution in [0.3, 0.4) is 0 Å². The number of aromatic carboxylic acids is 1. The number of nitro benzene ring substituents is 1. The second-order valence-electron chi connectivity index (χ2n) is 4.23. The van der Waals surface area contributed by atoms with Gasteiger partial charge in [0.15, 0.2) is 0 Å². The van der Waals surface area contributed by atoms with E-state index in [1.54, 1.807) is 19.1 Å². The van der Waals surface area contributed by atoms with E-state index in [0.29, 0.717) is 10.6 Å². The van der Waals surface area contributed by atoms with Gasteiger partial charge in [-0.15, -0.1) is 0 Å².